The molecule has 2 unspecified atom stereocenters. The summed E-state index contributed by atoms with van der Waals surface area (Å²) in [4.78, 5) is 16.1. The number of carbonyl (C=O) groups excluding carboxylic acids is 1. The minimum Gasteiger partial charge on any atom is -0.479 e. The fourth-order valence-electron chi connectivity index (χ4n) is 2.23. The second-order valence-corrected chi connectivity index (χ2v) is 4.35. The number of nitrogens with one attached hydrogen (secondary N) is 1. The molecule has 2 rings (SSSR count). The van der Waals surface area contributed by atoms with E-state index < -0.39 is 5.82 Å². The van der Waals surface area contributed by atoms with Gasteiger partial charge in [-0.05, 0) is 12.6 Å². The molecule has 6 heteroatoms. The summed E-state index contributed by atoms with van der Waals surface area (Å²) < 4.78 is 24.1. The molecule has 1 N–H and O–H groups in total. The van der Waals surface area contributed by atoms with Crippen molar-refractivity contribution in [2.45, 2.75) is 13.0 Å². The molecule has 0 aliphatic carbocycles. The zero-order valence-electron chi connectivity index (χ0n) is 11.0. The highest BCUT2D eigenvalue weighted by Gasteiger charge is 2.35. The van der Waals surface area contributed by atoms with Gasteiger partial charge in [-0.25, -0.2) is 9.37 Å². The number of Topliss-reactive ketones (excluding diaryl/α,β-unsaturated/α-hetero) is 1. The number of aromatic nitrogens is 1. The molecule has 0 amide bonds. The first-order chi connectivity index (χ1) is 9.19. The van der Waals surface area contributed by atoms with Crippen molar-refractivity contribution < 1.29 is 18.7 Å². The third-order valence-electron chi connectivity index (χ3n) is 3.20. The number of carbonyl (C=O) groups is 1. The van der Waals surface area contributed by atoms with Crippen LogP contribution in [-0.4, -0.2) is 43.7 Å². The van der Waals surface area contributed by atoms with E-state index in [-0.39, 0.29) is 29.2 Å². The van der Waals surface area contributed by atoms with Gasteiger partial charge in [0.15, 0.2) is 11.6 Å². The molecule has 0 radical (unpaired) electrons. The van der Waals surface area contributed by atoms with Gasteiger partial charge in [-0.15, -0.1) is 0 Å². The topological polar surface area (TPSA) is 60.5 Å². The predicted molar refractivity (Wildman–Crippen MR) is 66.9 cm³/mol. The van der Waals surface area contributed by atoms with Crippen molar-refractivity contribution in [2.75, 3.05) is 26.9 Å². The summed E-state index contributed by atoms with van der Waals surface area (Å²) in [5.41, 5.74) is 0.00486. The van der Waals surface area contributed by atoms with E-state index in [0.717, 1.165) is 6.54 Å². The van der Waals surface area contributed by atoms with Crippen LogP contribution in [0.25, 0.3) is 0 Å². The van der Waals surface area contributed by atoms with Crippen molar-refractivity contribution in [1.82, 2.24) is 10.3 Å². The lowest BCUT2D eigenvalue weighted by Gasteiger charge is -2.17. The van der Waals surface area contributed by atoms with Crippen LogP contribution in [0.5, 0.6) is 5.88 Å². The van der Waals surface area contributed by atoms with E-state index in [0.29, 0.717) is 13.2 Å². The number of hydrogen-bond donors (Lipinski definition) is 1. The Bertz CT molecular complexity index is 467. The molecule has 19 heavy (non-hydrogen) atoms. The first-order valence-electron chi connectivity index (χ1n) is 6.22. The van der Waals surface area contributed by atoms with Crippen LogP contribution < -0.4 is 10.1 Å². The van der Waals surface area contributed by atoms with Crippen LogP contribution in [0, 0.1) is 11.7 Å². The summed E-state index contributed by atoms with van der Waals surface area (Å²) in [6.07, 6.45) is 1.37. The summed E-state index contributed by atoms with van der Waals surface area (Å²) in [6, 6.07) is 1.30. The molecule has 0 bridgehead atoms. The predicted octanol–water partition coefficient (Wildman–Crippen LogP) is 1.04. The molecule has 1 aliphatic rings. The smallest absolute Gasteiger partial charge is 0.250 e. The molecular weight excluding hydrogens is 251 g/mol. The highest BCUT2D eigenvalue weighted by Crippen LogP contribution is 2.24. The average Bonchev–Trinajstić information content (AvgIpc) is 2.87. The van der Waals surface area contributed by atoms with Crippen molar-refractivity contribution in [2.24, 2.45) is 5.92 Å². The van der Waals surface area contributed by atoms with Crippen molar-refractivity contribution in [3.63, 3.8) is 0 Å². The maximum absolute atomic E-state index is 14.0. The van der Waals surface area contributed by atoms with Gasteiger partial charge >= 0.3 is 0 Å². The Kier molecular flexibility index (Phi) is 4.44. The SMILES string of the molecule is CCNC1COCC1C(=O)c1ccnc(OC)c1F. The zero-order valence-corrected chi connectivity index (χ0v) is 11.0. The second-order valence-electron chi connectivity index (χ2n) is 4.35. The number of ether oxygens (including phenoxy) is 2. The molecule has 2 atom stereocenters. The standard InChI is InChI=1S/C13H17FN2O3/c1-3-15-10-7-19-6-9(10)12(17)8-4-5-16-13(18-2)11(8)14/h4-5,9-10,15H,3,6-7H2,1-2H3. The van der Waals surface area contributed by atoms with Gasteiger partial charge in [-0.1, -0.05) is 6.92 Å². The Morgan fingerprint density at radius 2 is 2.42 bits per heavy atom. The molecule has 1 saturated heterocycles. The Hall–Kier alpha value is -1.53. The first-order valence-corrected chi connectivity index (χ1v) is 6.22. The van der Waals surface area contributed by atoms with Crippen molar-refractivity contribution >= 4 is 5.78 Å². The molecule has 0 spiro atoms. The van der Waals surface area contributed by atoms with E-state index in [4.69, 9.17) is 9.47 Å². The molecule has 1 aromatic rings. The number of hydrogen-bond acceptors (Lipinski definition) is 5. The average molecular weight is 268 g/mol. The van der Waals surface area contributed by atoms with Crippen molar-refractivity contribution in [1.29, 1.82) is 0 Å². The monoisotopic (exact) mass is 268 g/mol. The molecule has 1 fully saturated rings. The van der Waals surface area contributed by atoms with Crippen molar-refractivity contribution in [3.8, 4) is 5.88 Å². The summed E-state index contributed by atoms with van der Waals surface area (Å²) in [5, 5.41) is 3.18. The number of rotatable bonds is 5. The minimum atomic E-state index is -0.711. The molecule has 0 aromatic carbocycles. The van der Waals surface area contributed by atoms with Crippen LogP contribution in [-0.2, 0) is 4.74 Å². The number of methoxy groups -OCH3 is 1. The van der Waals surface area contributed by atoms with Gasteiger partial charge in [-0.3, -0.25) is 4.79 Å². The van der Waals surface area contributed by atoms with Crippen LogP contribution in [0.4, 0.5) is 4.39 Å². The van der Waals surface area contributed by atoms with E-state index >= 15 is 0 Å². The summed E-state index contributed by atoms with van der Waals surface area (Å²) in [6.45, 7) is 3.46. The highest BCUT2D eigenvalue weighted by atomic mass is 19.1. The summed E-state index contributed by atoms with van der Waals surface area (Å²) in [7, 11) is 1.32. The number of pyridine rings is 1. The lowest BCUT2D eigenvalue weighted by atomic mass is 9.93. The Balaban J connectivity index is 2.24. The van der Waals surface area contributed by atoms with E-state index in [1.807, 2.05) is 6.92 Å². The quantitative estimate of drug-likeness (QED) is 0.808. The van der Waals surface area contributed by atoms with Gasteiger partial charge in [0, 0.05) is 12.2 Å². The minimum absolute atomic E-state index is 0.00486. The van der Waals surface area contributed by atoms with Crippen LogP contribution >= 0.6 is 0 Å². The number of likely N-dealkylation sites (N-methyl/N-ethyl adjacent to an activating group) is 1. The Morgan fingerprint density at radius 1 is 1.63 bits per heavy atom. The number of ketones is 1. The zero-order chi connectivity index (χ0) is 13.8. The molecule has 5 nitrogen and oxygen atoms in total. The van der Waals surface area contributed by atoms with Gasteiger partial charge in [0.05, 0.1) is 31.8 Å². The fourth-order valence-corrected chi connectivity index (χ4v) is 2.23. The lowest BCUT2D eigenvalue weighted by Crippen LogP contribution is -2.39. The van der Waals surface area contributed by atoms with Crippen LogP contribution in [0.1, 0.15) is 17.3 Å². The van der Waals surface area contributed by atoms with Gasteiger partial charge in [0.25, 0.3) is 5.88 Å². The number of halogens is 1. The van der Waals surface area contributed by atoms with Gasteiger partial charge in [-0.2, -0.15) is 0 Å². The van der Waals surface area contributed by atoms with E-state index in [9.17, 15) is 9.18 Å². The first kappa shape index (κ1) is 13.9. The molecule has 2 heterocycles. The molecule has 104 valence electrons. The maximum atomic E-state index is 14.0. The third-order valence-corrected chi connectivity index (χ3v) is 3.20. The third kappa shape index (κ3) is 2.74. The molecule has 1 aromatic heterocycles. The lowest BCUT2D eigenvalue weighted by molar-refractivity contribution is 0.0886. The van der Waals surface area contributed by atoms with Gasteiger partial charge in [0.2, 0.25) is 0 Å². The van der Waals surface area contributed by atoms with Crippen LogP contribution in [0.15, 0.2) is 12.3 Å². The molecular formula is C13H17FN2O3. The Morgan fingerprint density at radius 3 is 3.11 bits per heavy atom. The fraction of sp³-hybridized carbons (Fsp3) is 0.538. The molecule has 0 saturated carbocycles. The molecule has 1 aliphatic heterocycles. The highest BCUT2D eigenvalue weighted by molar-refractivity contribution is 5.99. The number of nitrogens with zero attached hydrogens (tertiary/aromatic N) is 1. The maximum Gasteiger partial charge on any atom is 0.250 e. The summed E-state index contributed by atoms with van der Waals surface area (Å²) in [5.74, 6) is -1.52. The largest absolute Gasteiger partial charge is 0.479 e. The van der Waals surface area contributed by atoms with Crippen LogP contribution in [0.2, 0.25) is 0 Å². The Labute approximate surface area is 111 Å². The normalized spacial score (nSPS) is 22.5. The van der Waals surface area contributed by atoms with E-state index in [1.165, 1.54) is 19.4 Å². The van der Waals surface area contributed by atoms with E-state index in [2.05, 4.69) is 10.3 Å². The van der Waals surface area contributed by atoms with Gasteiger partial charge < -0.3 is 14.8 Å². The van der Waals surface area contributed by atoms with Crippen LogP contribution in [0.3, 0.4) is 0 Å². The summed E-state index contributed by atoms with van der Waals surface area (Å²) >= 11 is 0. The second kappa shape index (κ2) is 6.08. The van der Waals surface area contributed by atoms with Gasteiger partial charge in [0.1, 0.15) is 0 Å². The van der Waals surface area contributed by atoms with E-state index in [1.54, 1.807) is 0 Å². The van der Waals surface area contributed by atoms with Crippen molar-refractivity contribution in [3.05, 3.63) is 23.6 Å².